The highest BCUT2D eigenvalue weighted by Gasteiger charge is 2.32. The lowest BCUT2D eigenvalue weighted by Gasteiger charge is -2.09. The van der Waals surface area contributed by atoms with E-state index in [0.717, 1.165) is 18.7 Å². The van der Waals surface area contributed by atoms with Crippen molar-refractivity contribution < 1.29 is 13.2 Å². The van der Waals surface area contributed by atoms with E-state index in [1.165, 1.54) is 0 Å². The monoisotopic (exact) mass is 418 g/mol. The van der Waals surface area contributed by atoms with Gasteiger partial charge in [-0.2, -0.15) is 13.2 Å². The van der Waals surface area contributed by atoms with Crippen molar-refractivity contribution in [1.29, 1.82) is 0 Å². The van der Waals surface area contributed by atoms with E-state index in [2.05, 4.69) is 25.6 Å². The lowest BCUT2D eigenvalue weighted by atomic mass is 10.4. The molecule has 0 aliphatic heterocycles. The van der Waals surface area contributed by atoms with Crippen LogP contribution in [0.1, 0.15) is 19.0 Å². The molecule has 4 N–H and O–H groups in total. The molecule has 0 aliphatic carbocycles. The van der Waals surface area contributed by atoms with Crippen molar-refractivity contribution in [3.05, 3.63) is 18.0 Å². The normalized spacial score (nSPS) is 11.7. The first kappa shape index (κ1) is 19.7. The van der Waals surface area contributed by atoms with E-state index >= 15 is 0 Å². The van der Waals surface area contributed by atoms with Gasteiger partial charge >= 0.3 is 6.18 Å². The molecule has 0 saturated heterocycles. The van der Waals surface area contributed by atoms with Gasteiger partial charge in [0.1, 0.15) is 5.69 Å². The Kier molecular flexibility index (Phi) is 8.97. The maximum Gasteiger partial charge on any atom is 0.433 e. The van der Waals surface area contributed by atoms with Crippen molar-refractivity contribution in [3.8, 4) is 0 Å². The number of anilines is 1. The number of aliphatic imine (C=N–C) groups is 1. The highest BCUT2D eigenvalue weighted by molar-refractivity contribution is 14.0. The zero-order valence-electron chi connectivity index (χ0n) is 11.4. The summed E-state index contributed by atoms with van der Waals surface area (Å²) in [7, 11) is 0. The zero-order chi connectivity index (χ0) is 15.0. The largest absolute Gasteiger partial charge is 0.433 e. The fourth-order valence-electron chi connectivity index (χ4n) is 1.25. The summed E-state index contributed by atoms with van der Waals surface area (Å²) < 4.78 is 37.3. The van der Waals surface area contributed by atoms with Gasteiger partial charge in [0.05, 0.1) is 0 Å². The van der Waals surface area contributed by atoms with Gasteiger partial charge in [0.25, 0.3) is 0 Å². The minimum atomic E-state index is -4.48. The van der Waals surface area contributed by atoms with Crippen molar-refractivity contribution in [3.63, 3.8) is 0 Å². The van der Waals surface area contributed by atoms with Gasteiger partial charge in [0, 0.05) is 25.8 Å². The number of nitrogens with two attached hydrogens (primary N) is 1. The fourth-order valence-corrected chi connectivity index (χ4v) is 1.25. The third-order valence-electron chi connectivity index (χ3n) is 2.17. The second-order valence-corrected chi connectivity index (χ2v) is 3.88. The van der Waals surface area contributed by atoms with Crippen LogP contribution in [0.3, 0.4) is 0 Å². The van der Waals surface area contributed by atoms with Gasteiger partial charge in [0.2, 0.25) is 5.95 Å². The highest BCUT2D eigenvalue weighted by Crippen LogP contribution is 2.27. The average molecular weight is 418 g/mol. The van der Waals surface area contributed by atoms with E-state index in [1.54, 1.807) is 0 Å². The predicted octanol–water partition coefficient (Wildman–Crippen LogP) is 1.84. The average Bonchev–Trinajstić information content (AvgIpc) is 2.41. The van der Waals surface area contributed by atoms with Crippen LogP contribution in [0.15, 0.2) is 17.3 Å². The summed E-state index contributed by atoms with van der Waals surface area (Å²) in [6, 6.07) is 0.818. The first-order chi connectivity index (χ1) is 9.43. The van der Waals surface area contributed by atoms with Gasteiger partial charge in [-0.25, -0.2) is 9.97 Å². The molecule has 1 aromatic rings. The van der Waals surface area contributed by atoms with Crippen molar-refractivity contribution in [2.24, 2.45) is 10.7 Å². The second-order valence-electron chi connectivity index (χ2n) is 3.88. The van der Waals surface area contributed by atoms with E-state index in [4.69, 9.17) is 5.73 Å². The molecule has 21 heavy (non-hydrogen) atoms. The summed E-state index contributed by atoms with van der Waals surface area (Å²) in [4.78, 5) is 11.1. The van der Waals surface area contributed by atoms with Crippen molar-refractivity contribution in [2.45, 2.75) is 19.5 Å². The molecular weight excluding hydrogens is 400 g/mol. The van der Waals surface area contributed by atoms with E-state index in [9.17, 15) is 13.2 Å². The molecule has 1 heterocycles. The number of guanidine groups is 1. The maximum absolute atomic E-state index is 12.4. The van der Waals surface area contributed by atoms with Gasteiger partial charge < -0.3 is 16.4 Å². The molecule has 0 aliphatic rings. The van der Waals surface area contributed by atoms with Crippen LogP contribution in [-0.2, 0) is 6.18 Å². The quantitative estimate of drug-likeness (QED) is 0.284. The molecule has 0 amide bonds. The SMILES string of the molecule is CCCN=C(N)NCCNc1nccc(C(F)(F)F)n1.I. The van der Waals surface area contributed by atoms with E-state index in [-0.39, 0.29) is 29.9 Å². The maximum atomic E-state index is 12.4. The molecule has 0 spiro atoms. The Morgan fingerprint density at radius 2 is 2.10 bits per heavy atom. The number of hydrogen-bond donors (Lipinski definition) is 3. The number of aromatic nitrogens is 2. The molecule has 0 aromatic carbocycles. The van der Waals surface area contributed by atoms with Crippen molar-refractivity contribution >= 4 is 35.9 Å². The van der Waals surface area contributed by atoms with E-state index < -0.39 is 11.9 Å². The zero-order valence-corrected chi connectivity index (χ0v) is 13.8. The molecule has 0 unspecified atom stereocenters. The fraction of sp³-hybridized carbons (Fsp3) is 0.545. The molecule has 1 aromatic heterocycles. The van der Waals surface area contributed by atoms with E-state index in [0.29, 0.717) is 25.6 Å². The van der Waals surface area contributed by atoms with Gasteiger partial charge in [-0.1, -0.05) is 6.92 Å². The standard InChI is InChI=1S/C11H17F3N6.HI/c1-2-4-16-9(15)17-6-7-19-10-18-5-3-8(20-10)11(12,13)14;/h3,5H,2,4,6-7H2,1H3,(H3,15,16,17)(H,18,19,20);1H. The first-order valence-electron chi connectivity index (χ1n) is 6.11. The summed E-state index contributed by atoms with van der Waals surface area (Å²) in [6.45, 7) is 3.33. The summed E-state index contributed by atoms with van der Waals surface area (Å²) in [5.41, 5.74) is 4.57. The van der Waals surface area contributed by atoms with Crippen LogP contribution >= 0.6 is 24.0 Å². The Morgan fingerprint density at radius 3 is 2.71 bits per heavy atom. The molecule has 0 radical (unpaired) electrons. The molecule has 6 nitrogen and oxygen atoms in total. The molecule has 0 bridgehead atoms. The molecule has 10 heteroatoms. The minimum Gasteiger partial charge on any atom is -0.370 e. The number of nitrogens with one attached hydrogen (secondary N) is 2. The summed E-state index contributed by atoms with van der Waals surface area (Å²) >= 11 is 0. The third-order valence-corrected chi connectivity index (χ3v) is 2.17. The molecule has 1 rings (SSSR count). The van der Waals surface area contributed by atoms with Crippen LogP contribution in [0.4, 0.5) is 19.1 Å². The van der Waals surface area contributed by atoms with Gasteiger partial charge in [-0.05, 0) is 12.5 Å². The highest BCUT2D eigenvalue weighted by atomic mass is 127. The predicted molar refractivity (Wildman–Crippen MR) is 85.7 cm³/mol. The van der Waals surface area contributed by atoms with Gasteiger partial charge in [-0.15, -0.1) is 24.0 Å². The summed E-state index contributed by atoms with van der Waals surface area (Å²) in [6.07, 6.45) is -2.53. The number of halogens is 4. The summed E-state index contributed by atoms with van der Waals surface area (Å²) in [5.74, 6) is 0.226. The Balaban J connectivity index is 0.00000400. The lowest BCUT2D eigenvalue weighted by Crippen LogP contribution is -2.35. The Bertz CT molecular complexity index is 452. The van der Waals surface area contributed by atoms with Gasteiger partial charge in [-0.3, -0.25) is 4.99 Å². The summed E-state index contributed by atoms with van der Waals surface area (Å²) in [5, 5.41) is 5.49. The molecule has 0 fully saturated rings. The Labute approximate surface area is 137 Å². The van der Waals surface area contributed by atoms with Gasteiger partial charge in [0.15, 0.2) is 5.96 Å². The number of alkyl halides is 3. The Morgan fingerprint density at radius 1 is 1.38 bits per heavy atom. The molecule has 0 saturated carbocycles. The van der Waals surface area contributed by atoms with Crippen LogP contribution in [0, 0.1) is 0 Å². The van der Waals surface area contributed by atoms with Crippen LogP contribution in [0.2, 0.25) is 0 Å². The Hall–Kier alpha value is -1.33. The van der Waals surface area contributed by atoms with Crippen molar-refractivity contribution in [2.75, 3.05) is 25.0 Å². The van der Waals surface area contributed by atoms with Crippen molar-refractivity contribution in [1.82, 2.24) is 15.3 Å². The van der Waals surface area contributed by atoms with E-state index in [1.807, 2.05) is 6.92 Å². The third kappa shape index (κ3) is 7.87. The lowest BCUT2D eigenvalue weighted by molar-refractivity contribution is -0.141. The number of hydrogen-bond acceptors (Lipinski definition) is 4. The smallest absolute Gasteiger partial charge is 0.370 e. The van der Waals surface area contributed by atoms with Crippen LogP contribution < -0.4 is 16.4 Å². The molecular formula is C11H18F3IN6. The second kappa shape index (κ2) is 9.58. The topological polar surface area (TPSA) is 88.2 Å². The molecule has 120 valence electrons. The van der Waals surface area contributed by atoms with Crippen LogP contribution in [0.25, 0.3) is 0 Å². The van der Waals surface area contributed by atoms with Crippen LogP contribution in [0.5, 0.6) is 0 Å². The molecule has 0 atom stereocenters. The first-order valence-corrected chi connectivity index (χ1v) is 6.11. The van der Waals surface area contributed by atoms with Crippen LogP contribution in [-0.4, -0.2) is 35.6 Å². The number of rotatable bonds is 6. The number of nitrogens with zero attached hydrogens (tertiary/aromatic N) is 3. The minimum absolute atomic E-state index is 0.